The van der Waals surface area contributed by atoms with Crippen molar-refractivity contribution in [2.24, 2.45) is 11.7 Å². The zero-order valence-electron chi connectivity index (χ0n) is 10.9. The number of nitrogens with zero attached hydrogens (tertiary/aromatic N) is 1. The van der Waals surface area contributed by atoms with Crippen LogP contribution in [0.15, 0.2) is 22.7 Å². The molecular formula is C12H17BrClN3O2S. The largest absolute Gasteiger partial charge is 0.330 e. The van der Waals surface area contributed by atoms with Crippen LogP contribution < -0.4 is 10.5 Å². The monoisotopic (exact) mass is 381 g/mol. The Hall–Kier alpha value is -0.340. The average Bonchev–Trinajstić information content (AvgIpc) is 2.42. The molecular weight excluding hydrogens is 366 g/mol. The lowest BCUT2D eigenvalue weighted by molar-refractivity contribution is 0.280. The first-order valence-corrected chi connectivity index (χ1v) is 8.96. The lowest BCUT2D eigenvalue weighted by atomic mass is 9.99. The van der Waals surface area contributed by atoms with Crippen molar-refractivity contribution in [3.8, 4) is 0 Å². The van der Waals surface area contributed by atoms with Gasteiger partial charge in [0.05, 0.1) is 5.69 Å². The van der Waals surface area contributed by atoms with Gasteiger partial charge in [-0.2, -0.15) is 12.7 Å². The molecule has 1 aromatic rings. The molecule has 2 rings (SSSR count). The Morgan fingerprint density at radius 3 is 2.60 bits per heavy atom. The van der Waals surface area contributed by atoms with Crippen molar-refractivity contribution < 1.29 is 8.42 Å². The molecule has 0 amide bonds. The smallest absolute Gasteiger partial charge is 0.301 e. The third-order valence-corrected chi connectivity index (χ3v) is 5.83. The van der Waals surface area contributed by atoms with Gasteiger partial charge in [-0.15, -0.1) is 0 Å². The summed E-state index contributed by atoms with van der Waals surface area (Å²) in [6.07, 6.45) is 1.61. The second-order valence-electron chi connectivity index (χ2n) is 4.81. The minimum Gasteiger partial charge on any atom is -0.330 e. The maximum absolute atomic E-state index is 12.3. The van der Waals surface area contributed by atoms with Gasteiger partial charge in [-0.3, -0.25) is 4.72 Å². The van der Waals surface area contributed by atoms with E-state index in [0.29, 0.717) is 40.7 Å². The lowest BCUT2D eigenvalue weighted by Crippen LogP contribution is -2.42. The van der Waals surface area contributed by atoms with Crippen molar-refractivity contribution in [3.63, 3.8) is 0 Å². The Kier molecular flexibility index (Phi) is 5.30. The van der Waals surface area contributed by atoms with E-state index in [1.807, 2.05) is 0 Å². The maximum atomic E-state index is 12.3. The molecule has 1 fully saturated rings. The van der Waals surface area contributed by atoms with E-state index in [1.54, 1.807) is 18.2 Å². The van der Waals surface area contributed by atoms with E-state index in [-0.39, 0.29) is 0 Å². The molecule has 0 aromatic heterocycles. The molecule has 1 heterocycles. The summed E-state index contributed by atoms with van der Waals surface area (Å²) in [5, 5.41) is 0.545. The van der Waals surface area contributed by atoms with Crippen LogP contribution in [0.4, 0.5) is 5.69 Å². The molecule has 0 saturated carbocycles. The lowest BCUT2D eigenvalue weighted by Gasteiger charge is -2.30. The van der Waals surface area contributed by atoms with Gasteiger partial charge in [0.15, 0.2) is 0 Å². The van der Waals surface area contributed by atoms with Gasteiger partial charge >= 0.3 is 10.2 Å². The SMILES string of the molecule is NCC1CCN(S(=O)(=O)Nc2ccc(Cl)cc2Br)CC1. The fraction of sp³-hybridized carbons (Fsp3) is 0.500. The number of rotatable bonds is 4. The van der Waals surface area contributed by atoms with Crippen molar-refractivity contribution in [3.05, 3.63) is 27.7 Å². The van der Waals surface area contributed by atoms with E-state index in [4.69, 9.17) is 17.3 Å². The summed E-state index contributed by atoms with van der Waals surface area (Å²) in [6.45, 7) is 1.62. The summed E-state index contributed by atoms with van der Waals surface area (Å²) in [5.74, 6) is 0.420. The third-order valence-electron chi connectivity index (χ3n) is 3.42. The molecule has 1 saturated heterocycles. The van der Waals surface area contributed by atoms with E-state index in [2.05, 4.69) is 20.7 Å². The van der Waals surface area contributed by atoms with Gasteiger partial charge in [0.2, 0.25) is 0 Å². The van der Waals surface area contributed by atoms with Gasteiger partial charge in [-0.25, -0.2) is 0 Å². The topological polar surface area (TPSA) is 75.4 Å². The van der Waals surface area contributed by atoms with Gasteiger partial charge in [0.1, 0.15) is 0 Å². The highest BCUT2D eigenvalue weighted by Crippen LogP contribution is 2.28. The molecule has 0 radical (unpaired) electrons. The standard InChI is InChI=1S/C12H17BrClN3O2S/c13-11-7-10(14)1-2-12(11)16-20(18,19)17-5-3-9(8-15)4-6-17/h1-2,7,9,16H,3-6,8,15H2. The van der Waals surface area contributed by atoms with Crippen LogP contribution in [-0.4, -0.2) is 32.4 Å². The normalized spacial score (nSPS) is 18.1. The van der Waals surface area contributed by atoms with Crippen LogP contribution in [0.3, 0.4) is 0 Å². The molecule has 0 spiro atoms. The van der Waals surface area contributed by atoms with Gasteiger partial charge in [0, 0.05) is 22.6 Å². The predicted octanol–water partition coefficient (Wildman–Crippen LogP) is 2.43. The Bertz CT molecular complexity index is 574. The first-order chi connectivity index (χ1) is 9.42. The van der Waals surface area contributed by atoms with Crippen LogP contribution in [0, 0.1) is 5.92 Å². The first-order valence-electron chi connectivity index (χ1n) is 6.35. The maximum Gasteiger partial charge on any atom is 0.301 e. The van der Waals surface area contributed by atoms with E-state index in [9.17, 15) is 8.42 Å². The highest BCUT2D eigenvalue weighted by atomic mass is 79.9. The van der Waals surface area contributed by atoms with E-state index >= 15 is 0 Å². The molecule has 0 aliphatic carbocycles. The first kappa shape index (κ1) is 16.0. The summed E-state index contributed by atoms with van der Waals surface area (Å²) in [5.41, 5.74) is 6.09. The number of halogens is 2. The Morgan fingerprint density at radius 2 is 2.05 bits per heavy atom. The minimum atomic E-state index is -3.53. The summed E-state index contributed by atoms with van der Waals surface area (Å²) in [7, 11) is -3.53. The van der Waals surface area contributed by atoms with Crippen LogP contribution >= 0.6 is 27.5 Å². The van der Waals surface area contributed by atoms with Crippen molar-refractivity contribution in [2.45, 2.75) is 12.8 Å². The van der Waals surface area contributed by atoms with Crippen molar-refractivity contribution >= 4 is 43.4 Å². The average molecular weight is 383 g/mol. The van der Waals surface area contributed by atoms with Crippen LogP contribution in [0.1, 0.15) is 12.8 Å². The van der Waals surface area contributed by atoms with Gasteiger partial charge in [0.25, 0.3) is 0 Å². The molecule has 0 atom stereocenters. The number of nitrogens with two attached hydrogens (primary N) is 1. The Balaban J connectivity index is 2.08. The minimum absolute atomic E-state index is 0.420. The molecule has 20 heavy (non-hydrogen) atoms. The van der Waals surface area contributed by atoms with Gasteiger partial charge < -0.3 is 5.73 Å². The Morgan fingerprint density at radius 1 is 1.40 bits per heavy atom. The summed E-state index contributed by atoms with van der Waals surface area (Å²) in [6, 6.07) is 4.93. The van der Waals surface area contributed by atoms with Crippen molar-refractivity contribution in [1.29, 1.82) is 0 Å². The molecule has 0 bridgehead atoms. The summed E-state index contributed by atoms with van der Waals surface area (Å²) >= 11 is 9.14. The number of hydrogen-bond acceptors (Lipinski definition) is 3. The predicted molar refractivity (Wildman–Crippen MR) is 85.0 cm³/mol. The molecule has 8 heteroatoms. The number of hydrogen-bond donors (Lipinski definition) is 2. The van der Waals surface area contributed by atoms with Crippen molar-refractivity contribution in [1.82, 2.24) is 4.31 Å². The zero-order chi connectivity index (χ0) is 14.8. The van der Waals surface area contributed by atoms with Gasteiger partial charge in [-0.05, 0) is 59.4 Å². The highest BCUT2D eigenvalue weighted by Gasteiger charge is 2.27. The Labute approximate surface area is 132 Å². The fourth-order valence-electron chi connectivity index (χ4n) is 2.16. The molecule has 0 unspecified atom stereocenters. The number of nitrogens with one attached hydrogen (secondary N) is 1. The van der Waals surface area contributed by atoms with Crippen LogP contribution in [0.25, 0.3) is 0 Å². The third kappa shape index (κ3) is 3.85. The van der Waals surface area contributed by atoms with E-state index < -0.39 is 10.2 Å². The zero-order valence-corrected chi connectivity index (χ0v) is 14.0. The second kappa shape index (κ2) is 6.62. The summed E-state index contributed by atoms with van der Waals surface area (Å²) in [4.78, 5) is 0. The molecule has 5 nitrogen and oxygen atoms in total. The fourth-order valence-corrected chi connectivity index (χ4v) is 4.35. The quantitative estimate of drug-likeness (QED) is 0.840. The number of piperidine rings is 1. The van der Waals surface area contributed by atoms with Crippen LogP contribution in [0.5, 0.6) is 0 Å². The van der Waals surface area contributed by atoms with E-state index in [1.165, 1.54) is 4.31 Å². The number of anilines is 1. The van der Waals surface area contributed by atoms with Crippen LogP contribution in [-0.2, 0) is 10.2 Å². The molecule has 1 aromatic carbocycles. The second-order valence-corrected chi connectivity index (χ2v) is 7.77. The van der Waals surface area contributed by atoms with Crippen molar-refractivity contribution in [2.75, 3.05) is 24.4 Å². The molecule has 1 aliphatic heterocycles. The number of benzene rings is 1. The highest BCUT2D eigenvalue weighted by molar-refractivity contribution is 9.10. The van der Waals surface area contributed by atoms with Crippen LogP contribution in [0.2, 0.25) is 5.02 Å². The molecule has 3 N–H and O–H groups in total. The molecule has 1 aliphatic rings. The van der Waals surface area contributed by atoms with Gasteiger partial charge in [-0.1, -0.05) is 11.6 Å². The summed E-state index contributed by atoms with van der Waals surface area (Å²) < 4.78 is 29.3. The van der Waals surface area contributed by atoms with E-state index in [0.717, 1.165) is 12.8 Å². The molecule has 112 valence electrons.